The van der Waals surface area contributed by atoms with Crippen molar-refractivity contribution in [3.8, 4) is 0 Å². The highest BCUT2D eigenvalue weighted by Gasteiger charge is 2.26. The van der Waals surface area contributed by atoms with Crippen molar-refractivity contribution in [3.05, 3.63) is 57.2 Å². The van der Waals surface area contributed by atoms with Gasteiger partial charge in [0.2, 0.25) is 0 Å². The first-order valence-electron chi connectivity index (χ1n) is 7.67. The van der Waals surface area contributed by atoms with Gasteiger partial charge in [-0.2, -0.15) is 11.3 Å². The van der Waals surface area contributed by atoms with Crippen LogP contribution in [0.1, 0.15) is 24.4 Å². The van der Waals surface area contributed by atoms with Crippen LogP contribution in [0.3, 0.4) is 0 Å². The van der Waals surface area contributed by atoms with Gasteiger partial charge in [0.25, 0.3) is 0 Å². The number of fused-ring (bicyclic) bond motifs is 1. The summed E-state index contributed by atoms with van der Waals surface area (Å²) in [6.07, 6.45) is 2.43. The van der Waals surface area contributed by atoms with E-state index in [0.717, 1.165) is 18.6 Å². The minimum atomic E-state index is -0.257. The van der Waals surface area contributed by atoms with Gasteiger partial charge in [-0.15, -0.1) is 0 Å². The molecule has 22 heavy (non-hydrogen) atoms. The normalized spacial score (nSPS) is 19.2. The lowest BCUT2D eigenvalue weighted by atomic mass is 10.1. The Bertz CT molecular complexity index is 819. The molecule has 0 spiro atoms. The molecule has 4 rings (SSSR count). The summed E-state index contributed by atoms with van der Waals surface area (Å²) < 4.78 is 7.05. The summed E-state index contributed by atoms with van der Waals surface area (Å²) in [5, 5.41) is 4.38. The van der Waals surface area contributed by atoms with Crippen molar-refractivity contribution in [2.45, 2.75) is 25.4 Å². The first kappa shape index (κ1) is 13.8. The average Bonchev–Trinajstić information content (AvgIpc) is 3.24. The fraction of sp³-hybridized carbons (Fsp3) is 0.353. The van der Waals surface area contributed by atoms with Crippen LogP contribution < -0.4 is 5.76 Å². The number of thiophene rings is 1. The van der Waals surface area contributed by atoms with E-state index in [4.69, 9.17) is 4.42 Å². The summed E-state index contributed by atoms with van der Waals surface area (Å²) in [6.45, 7) is 2.66. The third-order valence-corrected chi connectivity index (χ3v) is 5.18. The second-order valence-electron chi connectivity index (χ2n) is 5.74. The largest absolute Gasteiger partial charge is 0.419 e. The van der Waals surface area contributed by atoms with Gasteiger partial charge in [0.1, 0.15) is 0 Å². The fourth-order valence-corrected chi connectivity index (χ4v) is 4.10. The van der Waals surface area contributed by atoms with Crippen LogP contribution in [0.2, 0.25) is 0 Å². The lowest BCUT2D eigenvalue weighted by Crippen LogP contribution is -2.29. The number of benzene rings is 1. The van der Waals surface area contributed by atoms with E-state index < -0.39 is 0 Å². The maximum atomic E-state index is 12.0. The maximum absolute atomic E-state index is 12.0. The lowest BCUT2D eigenvalue weighted by Gasteiger charge is -2.23. The zero-order chi connectivity index (χ0) is 14.9. The summed E-state index contributed by atoms with van der Waals surface area (Å²) in [6, 6.07) is 10.3. The van der Waals surface area contributed by atoms with Gasteiger partial charge in [0.15, 0.2) is 5.58 Å². The molecule has 4 nitrogen and oxygen atoms in total. The molecule has 2 aromatic heterocycles. The maximum Gasteiger partial charge on any atom is 0.419 e. The molecule has 114 valence electrons. The van der Waals surface area contributed by atoms with Crippen LogP contribution in [-0.2, 0) is 6.54 Å². The van der Waals surface area contributed by atoms with Crippen LogP contribution in [-0.4, -0.2) is 22.6 Å². The molecule has 1 aliphatic rings. The number of oxazole rings is 1. The molecule has 1 fully saturated rings. The highest BCUT2D eigenvalue weighted by atomic mass is 32.1. The predicted octanol–water partition coefficient (Wildman–Crippen LogP) is 3.49. The second kappa shape index (κ2) is 5.74. The van der Waals surface area contributed by atoms with E-state index in [0.29, 0.717) is 18.2 Å². The van der Waals surface area contributed by atoms with Crippen molar-refractivity contribution >= 4 is 22.4 Å². The predicted molar refractivity (Wildman–Crippen MR) is 88.3 cm³/mol. The molecule has 0 aliphatic carbocycles. The molecule has 0 saturated carbocycles. The van der Waals surface area contributed by atoms with Crippen molar-refractivity contribution in [3.63, 3.8) is 0 Å². The van der Waals surface area contributed by atoms with Crippen LogP contribution in [0.25, 0.3) is 11.1 Å². The molecule has 1 aliphatic heterocycles. The van der Waals surface area contributed by atoms with Gasteiger partial charge in [-0.05, 0) is 53.9 Å². The molecule has 0 amide bonds. The third kappa shape index (κ3) is 2.40. The quantitative estimate of drug-likeness (QED) is 0.740. The SMILES string of the molecule is O=c1oc2ccccc2n1CCN1CCC[C@H]1c1ccsc1. The van der Waals surface area contributed by atoms with Crippen molar-refractivity contribution in [1.82, 2.24) is 9.47 Å². The second-order valence-corrected chi connectivity index (χ2v) is 6.52. The van der Waals surface area contributed by atoms with Gasteiger partial charge in [0.05, 0.1) is 5.52 Å². The summed E-state index contributed by atoms with van der Waals surface area (Å²) in [5.41, 5.74) is 2.97. The van der Waals surface area contributed by atoms with Gasteiger partial charge >= 0.3 is 5.76 Å². The fourth-order valence-electron chi connectivity index (χ4n) is 3.39. The number of aromatic nitrogens is 1. The van der Waals surface area contributed by atoms with Crippen LogP contribution in [0.15, 0.2) is 50.3 Å². The average molecular weight is 314 g/mol. The van der Waals surface area contributed by atoms with Gasteiger partial charge in [-0.25, -0.2) is 4.79 Å². The van der Waals surface area contributed by atoms with Gasteiger partial charge in [-0.1, -0.05) is 12.1 Å². The Morgan fingerprint density at radius 1 is 1.23 bits per heavy atom. The van der Waals surface area contributed by atoms with Crippen LogP contribution >= 0.6 is 11.3 Å². The highest BCUT2D eigenvalue weighted by Crippen LogP contribution is 2.32. The van der Waals surface area contributed by atoms with E-state index in [9.17, 15) is 4.79 Å². The summed E-state index contributed by atoms with van der Waals surface area (Å²) >= 11 is 1.75. The molecule has 5 heteroatoms. The Hall–Kier alpha value is -1.85. The van der Waals surface area contributed by atoms with E-state index >= 15 is 0 Å². The van der Waals surface area contributed by atoms with Crippen LogP contribution in [0.4, 0.5) is 0 Å². The molecule has 3 heterocycles. The molecule has 1 atom stereocenters. The van der Waals surface area contributed by atoms with Crippen molar-refractivity contribution < 1.29 is 4.42 Å². The Labute approximate surface area is 132 Å². The first-order valence-corrected chi connectivity index (χ1v) is 8.62. The van der Waals surface area contributed by atoms with Gasteiger partial charge in [0, 0.05) is 19.1 Å². The third-order valence-electron chi connectivity index (χ3n) is 4.48. The van der Waals surface area contributed by atoms with Gasteiger partial charge in [-0.3, -0.25) is 9.47 Å². The standard InChI is InChI=1S/C17H18N2O2S/c20-17-19(15-4-1-2-6-16(15)21-17)10-9-18-8-3-5-14(18)13-7-11-22-12-13/h1-2,4,6-7,11-12,14H,3,5,8-10H2/t14-/m0/s1. The zero-order valence-electron chi connectivity index (χ0n) is 12.3. The lowest BCUT2D eigenvalue weighted by molar-refractivity contribution is 0.245. The zero-order valence-corrected chi connectivity index (χ0v) is 13.1. The van der Waals surface area contributed by atoms with Crippen molar-refractivity contribution in [2.24, 2.45) is 0 Å². The number of nitrogens with zero attached hydrogens (tertiary/aromatic N) is 2. The van der Waals surface area contributed by atoms with Crippen LogP contribution in [0, 0.1) is 0 Å². The topological polar surface area (TPSA) is 38.4 Å². The smallest absolute Gasteiger partial charge is 0.408 e. The van der Waals surface area contributed by atoms with Crippen molar-refractivity contribution in [2.75, 3.05) is 13.1 Å². The Morgan fingerprint density at radius 2 is 2.14 bits per heavy atom. The molecule has 0 unspecified atom stereocenters. The monoisotopic (exact) mass is 314 g/mol. The minimum Gasteiger partial charge on any atom is -0.408 e. The van der Waals surface area contributed by atoms with Crippen molar-refractivity contribution in [1.29, 1.82) is 0 Å². The number of rotatable bonds is 4. The number of likely N-dealkylation sites (tertiary alicyclic amines) is 1. The van der Waals surface area contributed by atoms with E-state index in [-0.39, 0.29) is 5.76 Å². The Balaban J connectivity index is 1.54. The summed E-state index contributed by atoms with van der Waals surface area (Å²) in [5.74, 6) is -0.257. The summed E-state index contributed by atoms with van der Waals surface area (Å²) in [7, 11) is 0. The van der Waals surface area contributed by atoms with Crippen LogP contribution in [0.5, 0.6) is 0 Å². The Morgan fingerprint density at radius 3 is 3.00 bits per heavy atom. The molecule has 0 radical (unpaired) electrons. The first-order chi connectivity index (χ1) is 10.8. The molecule has 0 N–H and O–H groups in total. The highest BCUT2D eigenvalue weighted by molar-refractivity contribution is 7.07. The van der Waals surface area contributed by atoms with E-state index in [1.54, 1.807) is 15.9 Å². The molecule has 3 aromatic rings. The molecule has 1 saturated heterocycles. The molecule has 1 aromatic carbocycles. The van der Waals surface area contributed by atoms with Gasteiger partial charge < -0.3 is 4.42 Å². The number of hydrogen-bond acceptors (Lipinski definition) is 4. The molecular weight excluding hydrogens is 296 g/mol. The number of para-hydroxylation sites is 2. The Kier molecular flexibility index (Phi) is 3.60. The molecular formula is C17H18N2O2S. The number of hydrogen-bond donors (Lipinski definition) is 0. The summed E-state index contributed by atoms with van der Waals surface area (Å²) in [4.78, 5) is 14.5. The van der Waals surface area contributed by atoms with E-state index in [1.165, 1.54) is 18.4 Å². The van der Waals surface area contributed by atoms with E-state index in [1.807, 2.05) is 24.3 Å². The molecule has 0 bridgehead atoms. The minimum absolute atomic E-state index is 0.257. The van der Waals surface area contributed by atoms with E-state index in [2.05, 4.69) is 21.7 Å².